The van der Waals surface area contributed by atoms with Crippen molar-refractivity contribution in [3.8, 4) is 0 Å². The molecule has 0 saturated carbocycles. The van der Waals surface area contributed by atoms with E-state index in [0.29, 0.717) is 6.04 Å². The molecule has 0 aromatic carbocycles. The van der Waals surface area contributed by atoms with Crippen molar-refractivity contribution >= 4 is 17.3 Å². The van der Waals surface area contributed by atoms with Gasteiger partial charge in [0.1, 0.15) is 0 Å². The Morgan fingerprint density at radius 3 is 2.88 bits per heavy atom. The lowest BCUT2D eigenvalue weighted by Crippen LogP contribution is -2.49. The summed E-state index contributed by atoms with van der Waals surface area (Å²) in [5, 5.41) is 8.14. The molecule has 7 heteroatoms. The normalized spacial score (nSPS) is 17.2. The number of nitrogens with zero attached hydrogens (tertiary/aromatic N) is 3. The summed E-state index contributed by atoms with van der Waals surface area (Å²) in [5.74, 6) is 0.904. The summed E-state index contributed by atoms with van der Waals surface area (Å²) in [5.41, 5.74) is 0. The number of nitrogens with one attached hydrogen (secondary N) is 2. The molecule has 0 radical (unpaired) electrons. The van der Waals surface area contributed by atoms with Crippen LogP contribution in [0.4, 0.5) is 0 Å². The van der Waals surface area contributed by atoms with Crippen LogP contribution < -0.4 is 10.6 Å². The van der Waals surface area contributed by atoms with Crippen LogP contribution in [0.15, 0.2) is 11.2 Å². The lowest BCUT2D eigenvalue weighted by atomic mass is 10.1. The smallest absolute Gasteiger partial charge is 0.191 e. The lowest BCUT2D eigenvalue weighted by Gasteiger charge is -2.33. The number of ether oxygens (including phenoxy) is 1. The fraction of sp³-hybridized carbons (Fsp3) is 0.765. The van der Waals surface area contributed by atoms with E-state index in [0.717, 1.165) is 51.6 Å². The van der Waals surface area contributed by atoms with Gasteiger partial charge in [-0.3, -0.25) is 4.99 Å². The minimum absolute atomic E-state index is 0.511. The molecule has 0 atom stereocenters. The molecule has 0 aliphatic carbocycles. The highest BCUT2D eigenvalue weighted by Crippen LogP contribution is 2.12. The van der Waals surface area contributed by atoms with Crippen molar-refractivity contribution < 1.29 is 4.74 Å². The van der Waals surface area contributed by atoms with Crippen LogP contribution in [-0.4, -0.2) is 68.8 Å². The molecule has 0 amide bonds. The van der Waals surface area contributed by atoms with Gasteiger partial charge in [0.2, 0.25) is 0 Å². The Morgan fingerprint density at radius 1 is 1.46 bits per heavy atom. The molecule has 1 aliphatic rings. The average molecular weight is 354 g/mol. The summed E-state index contributed by atoms with van der Waals surface area (Å²) < 4.78 is 5.13. The molecular formula is C17H31N5OS. The van der Waals surface area contributed by atoms with Crippen LogP contribution in [0.5, 0.6) is 0 Å². The van der Waals surface area contributed by atoms with Crippen LogP contribution in [-0.2, 0) is 11.2 Å². The van der Waals surface area contributed by atoms with Gasteiger partial charge in [0.05, 0.1) is 5.01 Å². The van der Waals surface area contributed by atoms with Crippen LogP contribution in [0.25, 0.3) is 0 Å². The third-order valence-electron chi connectivity index (χ3n) is 4.28. The molecule has 2 heterocycles. The lowest BCUT2D eigenvalue weighted by molar-refractivity contribution is 0.155. The number of thiazole rings is 1. The standard InChI is InChI=1S/C17H31N5OS/c1-14-13-20-16(24-14)5-8-19-17(18-2)21-15-6-10-22(11-7-15)9-4-12-23-3/h13,15H,4-12H2,1-3H3,(H2,18,19,21). The van der Waals surface area contributed by atoms with Crippen LogP contribution >= 0.6 is 11.3 Å². The molecule has 1 aliphatic heterocycles. The number of likely N-dealkylation sites (tertiary alicyclic amines) is 1. The Bertz CT molecular complexity index is 497. The Morgan fingerprint density at radius 2 is 2.25 bits per heavy atom. The number of hydrogen-bond acceptors (Lipinski definition) is 5. The third kappa shape index (κ3) is 6.75. The Balaban J connectivity index is 1.63. The van der Waals surface area contributed by atoms with E-state index in [1.807, 2.05) is 13.2 Å². The van der Waals surface area contributed by atoms with Crippen molar-refractivity contribution in [2.24, 2.45) is 4.99 Å². The SMILES string of the molecule is CN=C(NCCc1ncc(C)s1)NC1CCN(CCCOC)CC1. The second-order valence-electron chi connectivity index (χ2n) is 6.22. The molecule has 24 heavy (non-hydrogen) atoms. The number of aromatic nitrogens is 1. The zero-order valence-corrected chi connectivity index (χ0v) is 16.0. The highest BCUT2D eigenvalue weighted by molar-refractivity contribution is 7.11. The molecule has 2 rings (SSSR count). The van der Waals surface area contributed by atoms with Crippen molar-refractivity contribution in [1.82, 2.24) is 20.5 Å². The maximum Gasteiger partial charge on any atom is 0.191 e. The van der Waals surface area contributed by atoms with E-state index in [1.165, 1.54) is 22.7 Å². The third-order valence-corrected chi connectivity index (χ3v) is 5.25. The van der Waals surface area contributed by atoms with Gasteiger partial charge in [-0.25, -0.2) is 4.98 Å². The van der Waals surface area contributed by atoms with E-state index in [1.54, 1.807) is 18.4 Å². The zero-order valence-electron chi connectivity index (χ0n) is 15.2. The van der Waals surface area contributed by atoms with Gasteiger partial charge in [-0.1, -0.05) is 0 Å². The van der Waals surface area contributed by atoms with E-state index in [-0.39, 0.29) is 0 Å². The quantitative estimate of drug-likeness (QED) is 0.423. The van der Waals surface area contributed by atoms with Gasteiger partial charge in [-0.2, -0.15) is 0 Å². The van der Waals surface area contributed by atoms with Gasteiger partial charge in [0.25, 0.3) is 0 Å². The van der Waals surface area contributed by atoms with Crippen LogP contribution in [0.3, 0.4) is 0 Å². The fourth-order valence-corrected chi connectivity index (χ4v) is 3.71. The first-order chi connectivity index (χ1) is 11.7. The highest BCUT2D eigenvalue weighted by Gasteiger charge is 2.19. The summed E-state index contributed by atoms with van der Waals surface area (Å²) >= 11 is 1.77. The Kier molecular flexibility index (Phi) is 8.49. The van der Waals surface area contributed by atoms with E-state index >= 15 is 0 Å². The first kappa shape index (κ1) is 19.1. The van der Waals surface area contributed by atoms with Crippen molar-refractivity contribution in [1.29, 1.82) is 0 Å². The minimum atomic E-state index is 0.511. The summed E-state index contributed by atoms with van der Waals surface area (Å²) in [7, 11) is 3.60. The number of aryl methyl sites for hydroxylation is 1. The number of rotatable bonds is 8. The molecule has 136 valence electrons. The first-order valence-corrected chi connectivity index (χ1v) is 9.62. The number of piperidine rings is 1. The summed E-state index contributed by atoms with van der Waals surface area (Å²) in [6, 6.07) is 0.511. The maximum absolute atomic E-state index is 5.13. The van der Waals surface area contributed by atoms with Gasteiger partial charge < -0.3 is 20.3 Å². The second kappa shape index (κ2) is 10.6. The summed E-state index contributed by atoms with van der Waals surface area (Å²) in [6.07, 6.45) is 6.33. The Hall–Kier alpha value is -1.18. The predicted molar refractivity (Wildman–Crippen MR) is 101 cm³/mol. The van der Waals surface area contributed by atoms with E-state index in [4.69, 9.17) is 4.74 Å². The van der Waals surface area contributed by atoms with Crippen molar-refractivity contribution in [2.45, 2.75) is 38.6 Å². The van der Waals surface area contributed by atoms with Gasteiger partial charge in [0, 0.05) is 70.5 Å². The largest absolute Gasteiger partial charge is 0.385 e. The molecule has 0 unspecified atom stereocenters. The fourth-order valence-electron chi connectivity index (χ4n) is 2.93. The van der Waals surface area contributed by atoms with Crippen molar-refractivity contribution in [3.05, 3.63) is 16.1 Å². The van der Waals surface area contributed by atoms with Gasteiger partial charge in [-0.05, 0) is 26.2 Å². The second-order valence-corrected chi connectivity index (χ2v) is 7.54. The van der Waals surface area contributed by atoms with Gasteiger partial charge >= 0.3 is 0 Å². The topological polar surface area (TPSA) is 61.8 Å². The van der Waals surface area contributed by atoms with E-state index in [9.17, 15) is 0 Å². The highest BCUT2D eigenvalue weighted by atomic mass is 32.1. The van der Waals surface area contributed by atoms with Crippen molar-refractivity contribution in [3.63, 3.8) is 0 Å². The first-order valence-electron chi connectivity index (χ1n) is 8.81. The summed E-state index contributed by atoms with van der Waals surface area (Å²) in [6.45, 7) is 7.25. The van der Waals surface area contributed by atoms with Crippen molar-refractivity contribution in [2.75, 3.05) is 46.9 Å². The molecule has 0 spiro atoms. The van der Waals surface area contributed by atoms with E-state index in [2.05, 4.69) is 32.4 Å². The molecular weight excluding hydrogens is 322 g/mol. The molecule has 1 aromatic heterocycles. The molecule has 1 saturated heterocycles. The molecule has 0 bridgehead atoms. The molecule has 6 nitrogen and oxygen atoms in total. The summed E-state index contributed by atoms with van der Waals surface area (Å²) in [4.78, 5) is 12.5. The number of aliphatic imine (C=N–C) groups is 1. The monoisotopic (exact) mass is 353 g/mol. The van der Waals surface area contributed by atoms with Crippen LogP contribution in [0.1, 0.15) is 29.1 Å². The Labute approximate surface area is 149 Å². The molecule has 1 aromatic rings. The zero-order chi connectivity index (χ0) is 17.2. The van der Waals surface area contributed by atoms with Crippen LogP contribution in [0.2, 0.25) is 0 Å². The number of methoxy groups -OCH3 is 1. The van der Waals surface area contributed by atoms with Gasteiger partial charge in [0.15, 0.2) is 5.96 Å². The minimum Gasteiger partial charge on any atom is -0.385 e. The molecule has 2 N–H and O–H groups in total. The molecule has 1 fully saturated rings. The average Bonchev–Trinajstić information content (AvgIpc) is 3.01. The number of guanidine groups is 1. The van der Waals surface area contributed by atoms with Crippen LogP contribution in [0, 0.1) is 6.92 Å². The van der Waals surface area contributed by atoms with E-state index < -0.39 is 0 Å². The van der Waals surface area contributed by atoms with Gasteiger partial charge in [-0.15, -0.1) is 11.3 Å². The maximum atomic E-state index is 5.13. The number of hydrogen-bond donors (Lipinski definition) is 2. The predicted octanol–water partition coefficient (Wildman–Crippen LogP) is 1.66.